The van der Waals surface area contributed by atoms with Crippen LogP contribution in [0.1, 0.15) is 11.1 Å². The van der Waals surface area contributed by atoms with Gasteiger partial charge in [-0.1, -0.05) is 0 Å². The molecule has 0 aromatic heterocycles. The zero-order chi connectivity index (χ0) is 16.4. The van der Waals surface area contributed by atoms with Crippen molar-refractivity contribution in [2.75, 3.05) is 11.9 Å². The molecule has 2 amide bonds. The van der Waals surface area contributed by atoms with Crippen LogP contribution in [0.3, 0.4) is 0 Å². The minimum Gasteiger partial charge on any atom is -0.329 e. The molecule has 0 aliphatic heterocycles. The second kappa shape index (κ2) is 5.90. The molecular weight excluding hydrogens is 311 g/mol. The number of amides is 2. The average molecular weight is 325 g/mol. The van der Waals surface area contributed by atoms with E-state index in [1.807, 2.05) is 0 Å². The van der Waals surface area contributed by atoms with Crippen molar-refractivity contribution in [3.63, 3.8) is 0 Å². The standard InChI is InChI=1S/C11H14F3N3O3S/c1-6-3-8(21(15,19)20)4-9(7(6)2)17-10(18)16-5-11(12,13)14/h3-4H,5H2,1-2H3,(H2,15,19,20)(H2,16,17,18). The predicted molar refractivity (Wildman–Crippen MR) is 70.4 cm³/mol. The molecule has 1 aromatic rings. The summed E-state index contributed by atoms with van der Waals surface area (Å²) >= 11 is 0. The highest BCUT2D eigenvalue weighted by Crippen LogP contribution is 2.23. The molecule has 21 heavy (non-hydrogen) atoms. The average Bonchev–Trinajstić information content (AvgIpc) is 2.30. The molecule has 0 saturated heterocycles. The summed E-state index contributed by atoms with van der Waals surface area (Å²) < 4.78 is 58.5. The molecule has 118 valence electrons. The zero-order valence-corrected chi connectivity index (χ0v) is 12.0. The quantitative estimate of drug-likeness (QED) is 0.787. The number of anilines is 1. The SMILES string of the molecule is Cc1cc(S(N)(=O)=O)cc(NC(=O)NCC(F)(F)F)c1C. The Balaban J connectivity index is 2.98. The third-order valence-corrected chi connectivity index (χ3v) is 3.56. The van der Waals surface area contributed by atoms with Crippen LogP contribution in [0.25, 0.3) is 0 Å². The van der Waals surface area contributed by atoms with Gasteiger partial charge in [-0.25, -0.2) is 18.4 Å². The molecule has 0 spiro atoms. The number of rotatable bonds is 3. The lowest BCUT2D eigenvalue weighted by Gasteiger charge is -2.14. The van der Waals surface area contributed by atoms with Gasteiger partial charge in [0.25, 0.3) is 0 Å². The number of urea groups is 1. The van der Waals surface area contributed by atoms with E-state index in [2.05, 4.69) is 5.32 Å². The maximum Gasteiger partial charge on any atom is 0.405 e. The van der Waals surface area contributed by atoms with Crippen molar-refractivity contribution < 1.29 is 26.4 Å². The maximum atomic E-state index is 12.0. The summed E-state index contributed by atoms with van der Waals surface area (Å²) in [6.07, 6.45) is -4.54. The molecule has 0 saturated carbocycles. The number of nitrogens with two attached hydrogens (primary N) is 1. The van der Waals surface area contributed by atoms with Gasteiger partial charge in [0.15, 0.2) is 0 Å². The van der Waals surface area contributed by atoms with E-state index in [0.717, 1.165) is 6.07 Å². The highest BCUT2D eigenvalue weighted by Gasteiger charge is 2.27. The fourth-order valence-electron chi connectivity index (χ4n) is 1.47. The molecule has 10 heteroatoms. The van der Waals surface area contributed by atoms with Gasteiger partial charge in [0.1, 0.15) is 6.54 Å². The van der Waals surface area contributed by atoms with E-state index in [9.17, 15) is 26.4 Å². The number of aryl methyl sites for hydroxylation is 1. The van der Waals surface area contributed by atoms with Gasteiger partial charge >= 0.3 is 12.2 Å². The van der Waals surface area contributed by atoms with Crippen LogP contribution in [-0.2, 0) is 10.0 Å². The molecule has 6 nitrogen and oxygen atoms in total. The van der Waals surface area contributed by atoms with E-state index in [1.54, 1.807) is 19.2 Å². The fourth-order valence-corrected chi connectivity index (χ4v) is 2.09. The number of halogens is 3. The summed E-state index contributed by atoms with van der Waals surface area (Å²) in [5.41, 5.74) is 1.11. The van der Waals surface area contributed by atoms with E-state index >= 15 is 0 Å². The van der Waals surface area contributed by atoms with E-state index in [-0.39, 0.29) is 10.6 Å². The highest BCUT2D eigenvalue weighted by molar-refractivity contribution is 7.89. The second-order valence-corrected chi connectivity index (χ2v) is 5.94. The number of carbonyl (C=O) groups is 1. The van der Waals surface area contributed by atoms with Crippen molar-refractivity contribution in [1.29, 1.82) is 0 Å². The first-order chi connectivity index (χ1) is 9.40. The van der Waals surface area contributed by atoms with E-state index < -0.39 is 28.8 Å². The molecule has 0 aliphatic carbocycles. The number of nitrogens with one attached hydrogen (secondary N) is 2. The van der Waals surface area contributed by atoms with Crippen LogP contribution in [-0.4, -0.2) is 27.2 Å². The summed E-state index contributed by atoms with van der Waals surface area (Å²) in [6.45, 7) is 1.68. The van der Waals surface area contributed by atoms with Crippen molar-refractivity contribution in [2.45, 2.75) is 24.9 Å². The Morgan fingerprint density at radius 3 is 2.33 bits per heavy atom. The van der Waals surface area contributed by atoms with E-state index in [4.69, 9.17) is 5.14 Å². The smallest absolute Gasteiger partial charge is 0.329 e. The second-order valence-electron chi connectivity index (χ2n) is 4.38. The Bertz CT molecular complexity index is 657. The summed E-state index contributed by atoms with van der Waals surface area (Å²) in [4.78, 5) is 11.1. The van der Waals surface area contributed by atoms with Crippen LogP contribution in [0.5, 0.6) is 0 Å². The van der Waals surface area contributed by atoms with Crippen LogP contribution < -0.4 is 15.8 Å². The molecule has 4 N–H and O–H groups in total. The van der Waals surface area contributed by atoms with Gasteiger partial charge in [0.2, 0.25) is 10.0 Å². The molecule has 1 rings (SSSR count). The van der Waals surface area contributed by atoms with E-state index in [0.29, 0.717) is 11.1 Å². The van der Waals surface area contributed by atoms with Gasteiger partial charge in [-0.15, -0.1) is 0 Å². The molecule has 0 atom stereocenters. The molecule has 1 aromatic carbocycles. The van der Waals surface area contributed by atoms with Crippen molar-refractivity contribution in [2.24, 2.45) is 5.14 Å². The highest BCUT2D eigenvalue weighted by atomic mass is 32.2. The summed E-state index contributed by atoms with van der Waals surface area (Å²) in [5, 5.41) is 8.77. The van der Waals surface area contributed by atoms with Crippen LogP contribution in [0, 0.1) is 13.8 Å². The first-order valence-corrected chi connectivity index (χ1v) is 7.20. The monoisotopic (exact) mass is 325 g/mol. The summed E-state index contributed by atoms with van der Waals surface area (Å²) in [5.74, 6) is 0. The molecule has 0 unspecified atom stereocenters. The molecule has 0 heterocycles. The Morgan fingerprint density at radius 1 is 1.29 bits per heavy atom. The predicted octanol–water partition coefficient (Wildman–Crippen LogP) is 1.63. The lowest BCUT2D eigenvalue weighted by atomic mass is 10.1. The topological polar surface area (TPSA) is 101 Å². The van der Waals surface area contributed by atoms with Crippen LogP contribution >= 0.6 is 0 Å². The van der Waals surface area contributed by atoms with Crippen LogP contribution in [0.2, 0.25) is 0 Å². The third-order valence-electron chi connectivity index (χ3n) is 2.67. The first-order valence-electron chi connectivity index (χ1n) is 5.66. The first kappa shape index (κ1) is 17.2. The Labute approximate surface area is 119 Å². The van der Waals surface area contributed by atoms with Gasteiger partial charge in [-0.2, -0.15) is 13.2 Å². The maximum absolute atomic E-state index is 12.0. The molecule has 0 aliphatic rings. The van der Waals surface area contributed by atoms with Gasteiger partial charge in [-0.05, 0) is 37.1 Å². The van der Waals surface area contributed by atoms with Crippen molar-refractivity contribution >= 4 is 21.7 Å². The normalized spacial score (nSPS) is 12.1. The van der Waals surface area contributed by atoms with E-state index in [1.165, 1.54) is 6.07 Å². The lowest BCUT2D eigenvalue weighted by molar-refractivity contribution is -0.122. The summed E-state index contributed by atoms with van der Waals surface area (Å²) in [7, 11) is -3.99. The zero-order valence-electron chi connectivity index (χ0n) is 11.2. The number of sulfonamides is 1. The molecule has 0 fully saturated rings. The Morgan fingerprint density at radius 2 is 1.86 bits per heavy atom. The lowest BCUT2D eigenvalue weighted by Crippen LogP contribution is -2.36. The number of hydrogen-bond acceptors (Lipinski definition) is 3. The van der Waals surface area contributed by atoms with Gasteiger partial charge in [0.05, 0.1) is 4.90 Å². The largest absolute Gasteiger partial charge is 0.405 e. The Kier molecular flexibility index (Phi) is 4.84. The number of primary sulfonamides is 1. The third kappa shape index (κ3) is 5.23. The van der Waals surface area contributed by atoms with Crippen molar-refractivity contribution in [1.82, 2.24) is 5.32 Å². The fraction of sp³-hybridized carbons (Fsp3) is 0.364. The van der Waals surface area contributed by atoms with Gasteiger partial charge in [-0.3, -0.25) is 0 Å². The number of hydrogen-bond donors (Lipinski definition) is 3. The van der Waals surface area contributed by atoms with Gasteiger partial charge in [0, 0.05) is 5.69 Å². The molecular formula is C11H14F3N3O3S. The Hall–Kier alpha value is -1.81. The summed E-state index contributed by atoms with van der Waals surface area (Å²) in [6, 6.07) is 1.30. The number of carbonyl (C=O) groups excluding carboxylic acids is 1. The molecule has 0 bridgehead atoms. The van der Waals surface area contributed by atoms with Crippen LogP contribution in [0.15, 0.2) is 17.0 Å². The minimum absolute atomic E-state index is 0.0682. The number of benzene rings is 1. The number of alkyl halides is 3. The molecule has 0 radical (unpaired) electrons. The van der Waals surface area contributed by atoms with Crippen molar-refractivity contribution in [3.8, 4) is 0 Å². The van der Waals surface area contributed by atoms with Gasteiger partial charge < -0.3 is 10.6 Å². The van der Waals surface area contributed by atoms with Crippen molar-refractivity contribution in [3.05, 3.63) is 23.3 Å². The van der Waals surface area contributed by atoms with Crippen LogP contribution in [0.4, 0.5) is 23.7 Å². The minimum atomic E-state index is -4.54.